The van der Waals surface area contributed by atoms with Crippen LogP contribution in [0.2, 0.25) is 0 Å². The lowest BCUT2D eigenvalue weighted by atomic mass is 9.68. The zero-order chi connectivity index (χ0) is 30.7. The van der Waals surface area contributed by atoms with Gasteiger partial charge >= 0.3 is 16.8 Å². The molecule has 2 aromatic carbocycles. The van der Waals surface area contributed by atoms with Crippen molar-refractivity contribution in [3.63, 3.8) is 0 Å². The Kier molecular flexibility index (Phi) is 9.45. The van der Waals surface area contributed by atoms with Crippen molar-refractivity contribution in [1.82, 2.24) is 14.5 Å². The minimum atomic E-state index is -4.02. The van der Waals surface area contributed by atoms with E-state index in [0.717, 1.165) is 33.8 Å². The first-order valence-corrected chi connectivity index (χ1v) is 14.7. The summed E-state index contributed by atoms with van der Waals surface area (Å²) >= 11 is 2.39. The van der Waals surface area contributed by atoms with Crippen molar-refractivity contribution in [1.29, 1.82) is 0 Å². The molecule has 0 saturated heterocycles. The number of aryl methyl sites for hydroxylation is 3. The molecule has 0 amide bonds. The largest absolute Gasteiger partial charge is 0.465 e. The summed E-state index contributed by atoms with van der Waals surface area (Å²) in [4.78, 5) is 32.5. The second kappa shape index (κ2) is 12.7. The third-order valence-electron chi connectivity index (χ3n) is 7.28. The topological polar surface area (TPSA) is 83.3 Å². The van der Waals surface area contributed by atoms with Crippen molar-refractivity contribution >= 4 is 39.0 Å². The molecular weight excluding hydrogens is 608 g/mol. The molecule has 0 radical (unpaired) electrons. The Hall–Kier alpha value is -3.66. The molecule has 2 heterocycles. The molecule has 0 saturated carbocycles. The van der Waals surface area contributed by atoms with Gasteiger partial charge in [0.2, 0.25) is 5.41 Å². The van der Waals surface area contributed by atoms with Crippen molar-refractivity contribution in [3.8, 4) is 0 Å². The molecule has 222 valence electrons. The van der Waals surface area contributed by atoms with Crippen molar-refractivity contribution in [2.75, 3.05) is 13.2 Å². The van der Waals surface area contributed by atoms with Crippen molar-refractivity contribution in [2.24, 2.45) is 5.41 Å². The van der Waals surface area contributed by atoms with Gasteiger partial charge in [-0.2, -0.15) is 8.78 Å². The fraction of sp³-hybridized carbons (Fsp3) is 0.375. The number of fused-ring (bicyclic) bond motifs is 1. The number of halogens is 3. The standard InChI is InChI=1S/C32H34BrF2N3O4/c1-6-25-37-27-20(4)18-21(5)36-28(27)38(25)19-22-14-16-24(17-15-22)26(23-12-10-9-11-13-23)31(32(33,34)35,29(39)41-7-2)30(40)42-8-3/h9-18,26H,6-8,19H2,1-5H3. The van der Waals surface area contributed by atoms with E-state index in [1.54, 1.807) is 54.6 Å². The number of carbonyl (C=O) groups excluding carboxylic acids is 2. The van der Waals surface area contributed by atoms with Gasteiger partial charge in [0.15, 0.2) is 5.65 Å². The van der Waals surface area contributed by atoms with E-state index in [-0.39, 0.29) is 13.2 Å². The highest BCUT2D eigenvalue weighted by Crippen LogP contribution is 2.55. The Morgan fingerprint density at radius 3 is 2.00 bits per heavy atom. The first kappa shape index (κ1) is 31.3. The van der Waals surface area contributed by atoms with E-state index < -0.39 is 28.1 Å². The Morgan fingerprint density at radius 2 is 1.48 bits per heavy atom. The van der Waals surface area contributed by atoms with Crippen LogP contribution in [-0.4, -0.2) is 44.5 Å². The normalized spacial score (nSPS) is 12.8. The Morgan fingerprint density at radius 1 is 0.905 bits per heavy atom. The van der Waals surface area contributed by atoms with Crippen LogP contribution in [0.1, 0.15) is 60.5 Å². The van der Waals surface area contributed by atoms with Gasteiger partial charge in [0, 0.05) is 18.0 Å². The molecule has 42 heavy (non-hydrogen) atoms. The van der Waals surface area contributed by atoms with Crippen LogP contribution in [0, 0.1) is 19.3 Å². The van der Waals surface area contributed by atoms with Gasteiger partial charge in [-0.25, -0.2) is 9.97 Å². The van der Waals surface area contributed by atoms with Crippen LogP contribution in [0.15, 0.2) is 60.7 Å². The number of pyridine rings is 1. The van der Waals surface area contributed by atoms with Gasteiger partial charge in [-0.15, -0.1) is 0 Å². The summed E-state index contributed by atoms with van der Waals surface area (Å²) in [5.41, 5.74) is 2.01. The van der Waals surface area contributed by atoms with Gasteiger partial charge in [0.25, 0.3) is 0 Å². The van der Waals surface area contributed by atoms with Gasteiger partial charge in [0.1, 0.15) is 11.3 Å². The predicted octanol–water partition coefficient (Wildman–Crippen LogP) is 6.89. The maximum atomic E-state index is 15.7. The predicted molar refractivity (Wildman–Crippen MR) is 160 cm³/mol. The molecule has 4 aromatic rings. The van der Waals surface area contributed by atoms with Crippen LogP contribution in [0.3, 0.4) is 0 Å². The smallest absolute Gasteiger partial charge is 0.331 e. The van der Waals surface area contributed by atoms with Crippen LogP contribution in [0.5, 0.6) is 0 Å². The molecule has 10 heteroatoms. The lowest BCUT2D eigenvalue weighted by Gasteiger charge is -2.39. The molecule has 1 atom stereocenters. The van der Waals surface area contributed by atoms with E-state index in [9.17, 15) is 9.59 Å². The average Bonchev–Trinajstić information content (AvgIpc) is 3.29. The van der Waals surface area contributed by atoms with Crippen LogP contribution in [-0.2, 0) is 32.0 Å². The number of hydrogen-bond donors (Lipinski definition) is 0. The second-order valence-electron chi connectivity index (χ2n) is 10.1. The SMILES string of the molecule is CCOC(=O)C(C(=O)OCC)(C(c1ccccc1)c1ccc(Cn2c(CC)nc3c(C)cc(C)nc32)cc1)C(F)(F)Br. The van der Waals surface area contributed by atoms with Crippen molar-refractivity contribution in [2.45, 2.75) is 58.3 Å². The lowest BCUT2D eigenvalue weighted by Crippen LogP contribution is -2.56. The van der Waals surface area contributed by atoms with E-state index in [1.807, 2.05) is 31.4 Å². The maximum absolute atomic E-state index is 15.7. The molecule has 0 aliphatic rings. The fourth-order valence-corrected chi connectivity index (χ4v) is 5.98. The van der Waals surface area contributed by atoms with E-state index in [1.165, 1.54) is 13.8 Å². The molecule has 1 unspecified atom stereocenters. The number of esters is 2. The van der Waals surface area contributed by atoms with Gasteiger partial charge in [-0.05, 0) is 71.9 Å². The average molecular weight is 643 g/mol. The molecule has 0 aliphatic heterocycles. The highest BCUT2D eigenvalue weighted by atomic mass is 79.9. The minimum absolute atomic E-state index is 0.199. The first-order valence-electron chi connectivity index (χ1n) is 13.9. The summed E-state index contributed by atoms with van der Waals surface area (Å²) in [6.07, 6.45) is 0.699. The highest BCUT2D eigenvalue weighted by molar-refractivity contribution is 9.10. The van der Waals surface area contributed by atoms with E-state index >= 15 is 8.78 Å². The number of carbonyl (C=O) groups is 2. The minimum Gasteiger partial charge on any atom is -0.465 e. The molecule has 0 aliphatic carbocycles. The van der Waals surface area contributed by atoms with Gasteiger partial charge in [-0.3, -0.25) is 9.59 Å². The number of alkyl halides is 3. The van der Waals surface area contributed by atoms with Gasteiger partial charge < -0.3 is 14.0 Å². The number of rotatable bonds is 11. The summed E-state index contributed by atoms with van der Waals surface area (Å²) in [5, 5.41) is 0. The molecule has 0 spiro atoms. The number of ether oxygens (including phenoxy) is 2. The van der Waals surface area contributed by atoms with Crippen LogP contribution in [0.4, 0.5) is 8.78 Å². The first-order chi connectivity index (χ1) is 20.0. The van der Waals surface area contributed by atoms with Crippen LogP contribution >= 0.6 is 15.9 Å². The fourth-order valence-electron chi connectivity index (χ4n) is 5.42. The number of nitrogens with zero attached hydrogens (tertiary/aromatic N) is 3. The highest BCUT2D eigenvalue weighted by Gasteiger charge is 2.70. The summed E-state index contributed by atoms with van der Waals surface area (Å²) in [7, 11) is 0. The van der Waals surface area contributed by atoms with Gasteiger partial charge in [0.05, 0.1) is 19.8 Å². The van der Waals surface area contributed by atoms with E-state index in [0.29, 0.717) is 24.1 Å². The number of imidazole rings is 1. The molecule has 7 nitrogen and oxygen atoms in total. The zero-order valence-corrected chi connectivity index (χ0v) is 25.9. The van der Waals surface area contributed by atoms with Gasteiger partial charge in [-0.1, -0.05) is 61.5 Å². The third kappa shape index (κ3) is 5.69. The summed E-state index contributed by atoms with van der Waals surface area (Å²) < 4.78 is 43.8. The molecule has 2 aromatic heterocycles. The quantitative estimate of drug-likeness (QED) is 0.101. The Labute approximate surface area is 252 Å². The summed E-state index contributed by atoms with van der Waals surface area (Å²) in [6.45, 7) is 9.01. The monoisotopic (exact) mass is 641 g/mol. The molecule has 4 rings (SSSR count). The summed E-state index contributed by atoms with van der Waals surface area (Å²) in [6, 6.07) is 17.2. The molecular formula is C32H34BrF2N3O4. The van der Waals surface area contributed by atoms with E-state index in [2.05, 4.69) is 15.9 Å². The molecule has 0 bridgehead atoms. The van der Waals surface area contributed by atoms with Crippen molar-refractivity contribution < 1.29 is 27.8 Å². The lowest BCUT2D eigenvalue weighted by molar-refractivity contribution is -0.189. The molecule has 0 N–H and O–H groups in total. The number of benzene rings is 2. The number of aromatic nitrogens is 3. The summed E-state index contributed by atoms with van der Waals surface area (Å²) in [5.74, 6) is -3.32. The van der Waals surface area contributed by atoms with E-state index in [4.69, 9.17) is 19.4 Å². The maximum Gasteiger partial charge on any atom is 0.331 e. The van der Waals surface area contributed by atoms with Crippen LogP contribution < -0.4 is 0 Å². The zero-order valence-electron chi connectivity index (χ0n) is 24.3. The molecule has 0 fully saturated rings. The third-order valence-corrected chi connectivity index (χ3v) is 7.90. The Balaban J connectivity index is 1.87. The Bertz CT molecular complexity index is 1550. The van der Waals surface area contributed by atoms with Crippen molar-refractivity contribution in [3.05, 3.63) is 94.4 Å². The van der Waals surface area contributed by atoms with Crippen LogP contribution in [0.25, 0.3) is 11.2 Å². The second-order valence-corrected chi connectivity index (χ2v) is 11.0. The number of hydrogen-bond acceptors (Lipinski definition) is 6.